The van der Waals surface area contributed by atoms with Crippen LogP contribution in [0.1, 0.15) is 76.7 Å². The highest BCUT2D eigenvalue weighted by molar-refractivity contribution is 5.01. The maximum atomic E-state index is 4.54. The van der Waals surface area contributed by atoms with E-state index in [-0.39, 0.29) is 0 Å². The summed E-state index contributed by atoms with van der Waals surface area (Å²) in [6.45, 7) is 7.70. The first-order valence-electron chi connectivity index (χ1n) is 7.80. The van der Waals surface area contributed by atoms with Gasteiger partial charge in [-0.25, -0.2) is 4.98 Å². The van der Waals surface area contributed by atoms with E-state index < -0.39 is 0 Å². The van der Waals surface area contributed by atoms with Crippen LogP contribution in [0.5, 0.6) is 0 Å². The zero-order valence-corrected chi connectivity index (χ0v) is 12.5. The van der Waals surface area contributed by atoms with Gasteiger partial charge in [0.15, 0.2) is 0 Å². The van der Waals surface area contributed by atoms with Gasteiger partial charge in [0.1, 0.15) is 5.82 Å². The van der Waals surface area contributed by atoms with Crippen LogP contribution in [0.3, 0.4) is 0 Å². The van der Waals surface area contributed by atoms with Crippen molar-refractivity contribution in [2.45, 2.75) is 85.1 Å². The van der Waals surface area contributed by atoms with Crippen molar-refractivity contribution >= 4 is 0 Å². The summed E-state index contributed by atoms with van der Waals surface area (Å²) >= 11 is 0. The standard InChI is InChI=1S/C16H30N2/c1-4-6-7-8-9-10-11-12-13-18-14-15(3)17-16(18)5-2/h14H,4-13H2,1-3H3. The average molecular weight is 250 g/mol. The van der Waals surface area contributed by atoms with Crippen molar-refractivity contribution in [2.24, 2.45) is 0 Å². The molecule has 104 valence electrons. The van der Waals surface area contributed by atoms with Crippen LogP contribution in [0.15, 0.2) is 6.20 Å². The Hall–Kier alpha value is -0.790. The number of rotatable bonds is 10. The van der Waals surface area contributed by atoms with Crippen molar-refractivity contribution in [3.63, 3.8) is 0 Å². The minimum atomic E-state index is 1.05. The summed E-state index contributed by atoms with van der Waals surface area (Å²) < 4.78 is 2.34. The summed E-state index contributed by atoms with van der Waals surface area (Å²) in [6.07, 6.45) is 14.3. The first-order valence-corrected chi connectivity index (χ1v) is 7.80. The van der Waals surface area contributed by atoms with E-state index in [0.29, 0.717) is 0 Å². The molecule has 0 unspecified atom stereocenters. The van der Waals surface area contributed by atoms with Gasteiger partial charge in [-0.2, -0.15) is 0 Å². The van der Waals surface area contributed by atoms with Crippen molar-refractivity contribution in [3.8, 4) is 0 Å². The lowest BCUT2D eigenvalue weighted by molar-refractivity contribution is 0.536. The van der Waals surface area contributed by atoms with Gasteiger partial charge >= 0.3 is 0 Å². The normalized spacial score (nSPS) is 11.1. The molecule has 0 spiro atoms. The molecule has 0 aliphatic carbocycles. The molecule has 0 fully saturated rings. The Bertz CT molecular complexity index is 315. The van der Waals surface area contributed by atoms with E-state index in [0.717, 1.165) is 18.7 Å². The van der Waals surface area contributed by atoms with Gasteiger partial charge in [0.2, 0.25) is 0 Å². The number of aryl methyl sites for hydroxylation is 3. The molecule has 1 heterocycles. The first-order chi connectivity index (χ1) is 8.77. The lowest BCUT2D eigenvalue weighted by Crippen LogP contribution is -2.01. The van der Waals surface area contributed by atoms with Crippen molar-refractivity contribution < 1.29 is 0 Å². The molecular formula is C16H30N2. The van der Waals surface area contributed by atoms with Crippen molar-refractivity contribution in [3.05, 3.63) is 17.7 Å². The van der Waals surface area contributed by atoms with E-state index in [4.69, 9.17) is 0 Å². The molecule has 0 atom stereocenters. The molecule has 0 aromatic carbocycles. The molecule has 0 aliphatic rings. The van der Waals surface area contributed by atoms with E-state index in [2.05, 4.69) is 36.5 Å². The van der Waals surface area contributed by atoms with Gasteiger partial charge in [-0.3, -0.25) is 0 Å². The van der Waals surface area contributed by atoms with Crippen LogP contribution in [0.2, 0.25) is 0 Å². The fourth-order valence-electron chi connectivity index (χ4n) is 2.49. The molecule has 1 aromatic heterocycles. The Labute approximate surface area is 113 Å². The highest BCUT2D eigenvalue weighted by atomic mass is 15.1. The minimum Gasteiger partial charge on any atom is -0.335 e. The van der Waals surface area contributed by atoms with Crippen molar-refractivity contribution in [1.82, 2.24) is 9.55 Å². The zero-order valence-electron chi connectivity index (χ0n) is 12.5. The average Bonchev–Trinajstić information content (AvgIpc) is 2.73. The van der Waals surface area contributed by atoms with E-state index in [9.17, 15) is 0 Å². The van der Waals surface area contributed by atoms with Gasteiger partial charge in [0.05, 0.1) is 5.69 Å². The summed E-state index contributed by atoms with van der Waals surface area (Å²) in [4.78, 5) is 4.54. The molecule has 18 heavy (non-hydrogen) atoms. The Morgan fingerprint density at radius 2 is 1.56 bits per heavy atom. The summed E-state index contributed by atoms with van der Waals surface area (Å²) in [5.74, 6) is 1.25. The van der Waals surface area contributed by atoms with Gasteiger partial charge in [-0.15, -0.1) is 0 Å². The molecule has 0 aliphatic heterocycles. The zero-order chi connectivity index (χ0) is 13.2. The summed E-state index contributed by atoms with van der Waals surface area (Å²) in [5.41, 5.74) is 1.16. The number of imidazole rings is 1. The van der Waals surface area contributed by atoms with E-state index >= 15 is 0 Å². The fourth-order valence-corrected chi connectivity index (χ4v) is 2.49. The quantitative estimate of drug-likeness (QED) is 0.540. The van der Waals surface area contributed by atoms with Crippen molar-refractivity contribution in [1.29, 1.82) is 0 Å². The number of hydrogen-bond donors (Lipinski definition) is 0. The summed E-state index contributed by atoms with van der Waals surface area (Å²) in [7, 11) is 0. The molecule has 0 saturated heterocycles. The Kier molecular flexibility index (Phi) is 7.79. The van der Waals surface area contributed by atoms with Gasteiger partial charge in [0, 0.05) is 19.2 Å². The monoisotopic (exact) mass is 250 g/mol. The number of unbranched alkanes of at least 4 members (excludes halogenated alkanes) is 7. The third kappa shape index (κ3) is 5.70. The maximum absolute atomic E-state index is 4.54. The topological polar surface area (TPSA) is 17.8 Å². The van der Waals surface area contributed by atoms with Crippen LogP contribution in [0.4, 0.5) is 0 Å². The predicted octanol–water partition coefficient (Wildman–Crippen LogP) is 4.89. The number of nitrogens with zero attached hydrogens (tertiary/aromatic N) is 2. The molecule has 1 aromatic rings. The van der Waals surface area contributed by atoms with Crippen LogP contribution in [-0.2, 0) is 13.0 Å². The van der Waals surface area contributed by atoms with Crippen molar-refractivity contribution in [2.75, 3.05) is 0 Å². The van der Waals surface area contributed by atoms with E-state index in [1.54, 1.807) is 0 Å². The molecule has 0 radical (unpaired) electrons. The van der Waals surface area contributed by atoms with Crippen LogP contribution in [0, 0.1) is 6.92 Å². The molecular weight excluding hydrogens is 220 g/mol. The Morgan fingerprint density at radius 1 is 0.944 bits per heavy atom. The van der Waals surface area contributed by atoms with E-state index in [1.165, 1.54) is 57.2 Å². The van der Waals surface area contributed by atoms with Gasteiger partial charge < -0.3 is 4.57 Å². The van der Waals surface area contributed by atoms with Crippen LogP contribution >= 0.6 is 0 Å². The molecule has 2 nitrogen and oxygen atoms in total. The highest BCUT2D eigenvalue weighted by Crippen LogP contribution is 2.10. The van der Waals surface area contributed by atoms with Gasteiger partial charge in [-0.1, -0.05) is 58.8 Å². The second-order valence-electron chi connectivity index (χ2n) is 5.32. The molecule has 0 amide bonds. The lowest BCUT2D eigenvalue weighted by atomic mass is 10.1. The van der Waals surface area contributed by atoms with Gasteiger partial charge in [-0.05, 0) is 13.3 Å². The summed E-state index contributed by atoms with van der Waals surface area (Å²) in [5, 5.41) is 0. The van der Waals surface area contributed by atoms with Crippen LogP contribution in [0.25, 0.3) is 0 Å². The largest absolute Gasteiger partial charge is 0.335 e. The minimum absolute atomic E-state index is 1.05. The lowest BCUT2D eigenvalue weighted by Gasteiger charge is -2.06. The molecule has 0 saturated carbocycles. The van der Waals surface area contributed by atoms with Crippen LogP contribution in [-0.4, -0.2) is 9.55 Å². The molecule has 0 bridgehead atoms. The third-order valence-corrected chi connectivity index (χ3v) is 3.55. The molecule has 0 N–H and O–H groups in total. The SMILES string of the molecule is CCCCCCCCCCn1cc(C)nc1CC. The summed E-state index contributed by atoms with van der Waals surface area (Å²) in [6, 6.07) is 0. The number of hydrogen-bond acceptors (Lipinski definition) is 1. The number of aromatic nitrogens is 2. The highest BCUT2D eigenvalue weighted by Gasteiger charge is 2.02. The smallest absolute Gasteiger partial charge is 0.108 e. The second-order valence-corrected chi connectivity index (χ2v) is 5.32. The van der Waals surface area contributed by atoms with E-state index in [1.807, 2.05) is 0 Å². The predicted molar refractivity (Wildman–Crippen MR) is 79.0 cm³/mol. The van der Waals surface area contributed by atoms with Crippen LogP contribution < -0.4 is 0 Å². The third-order valence-electron chi connectivity index (χ3n) is 3.55. The molecule has 2 heteroatoms. The van der Waals surface area contributed by atoms with Gasteiger partial charge in [0.25, 0.3) is 0 Å². The molecule has 1 rings (SSSR count). The fraction of sp³-hybridized carbons (Fsp3) is 0.812. The second kappa shape index (κ2) is 9.18. The maximum Gasteiger partial charge on any atom is 0.108 e. The first kappa shape index (κ1) is 15.3. The Morgan fingerprint density at radius 3 is 2.17 bits per heavy atom. The Balaban J connectivity index is 2.06.